The van der Waals surface area contributed by atoms with Crippen LogP contribution in [-0.4, -0.2) is 40.6 Å². The highest BCUT2D eigenvalue weighted by atomic mass is 35.5. The molecule has 33 heavy (non-hydrogen) atoms. The van der Waals surface area contributed by atoms with Gasteiger partial charge in [0.2, 0.25) is 5.91 Å². The first-order chi connectivity index (χ1) is 16.1. The maximum Gasteiger partial charge on any atom is 0.234 e. The Morgan fingerprint density at radius 1 is 0.970 bits per heavy atom. The summed E-state index contributed by atoms with van der Waals surface area (Å²) in [6.07, 6.45) is 0. The van der Waals surface area contributed by atoms with Gasteiger partial charge in [-0.3, -0.25) is 9.36 Å². The minimum Gasteiger partial charge on any atom is -0.497 e. The first kappa shape index (κ1) is 22.7. The van der Waals surface area contributed by atoms with Gasteiger partial charge in [-0.05, 0) is 48.5 Å². The number of hydrogen-bond acceptors (Lipinski definition) is 6. The lowest BCUT2D eigenvalue weighted by molar-refractivity contribution is -0.113. The van der Waals surface area contributed by atoms with E-state index in [0.29, 0.717) is 27.4 Å². The average Bonchev–Trinajstić information content (AvgIpc) is 3.27. The molecule has 0 unspecified atom stereocenters. The Labute approximate surface area is 200 Å². The number of hydrogen-bond donors (Lipinski definition) is 1. The van der Waals surface area contributed by atoms with E-state index in [4.69, 9.17) is 21.1 Å². The van der Waals surface area contributed by atoms with E-state index in [2.05, 4.69) is 15.5 Å². The maximum atomic E-state index is 12.6. The normalized spacial score (nSPS) is 10.6. The highest BCUT2D eigenvalue weighted by Crippen LogP contribution is 2.32. The lowest BCUT2D eigenvalue weighted by Gasteiger charge is -2.12. The van der Waals surface area contributed by atoms with E-state index in [1.165, 1.54) is 11.8 Å². The van der Waals surface area contributed by atoms with Gasteiger partial charge in [-0.25, -0.2) is 0 Å². The predicted molar refractivity (Wildman–Crippen MR) is 131 cm³/mol. The molecule has 0 saturated heterocycles. The molecule has 4 rings (SSSR count). The molecule has 1 amide bonds. The molecule has 0 fully saturated rings. The van der Waals surface area contributed by atoms with Crippen LogP contribution in [0.15, 0.2) is 78.0 Å². The van der Waals surface area contributed by atoms with E-state index in [-0.39, 0.29) is 11.7 Å². The molecule has 0 bridgehead atoms. The van der Waals surface area contributed by atoms with Gasteiger partial charge in [-0.1, -0.05) is 47.6 Å². The number of benzene rings is 3. The molecule has 1 aromatic heterocycles. The number of carbonyl (C=O) groups excluding carboxylic acids is 1. The third kappa shape index (κ3) is 5.13. The standard InChI is InChI=1S/C24H21ClN4O3S/c1-31-17-13-11-16(12-14-17)29-23(18-7-3-4-8-19(18)25)27-28-24(29)33-15-22(30)26-20-9-5-6-10-21(20)32-2/h3-14H,15H2,1-2H3,(H,26,30). The van der Waals surface area contributed by atoms with Crippen LogP contribution in [0.2, 0.25) is 5.02 Å². The number of methoxy groups -OCH3 is 2. The van der Waals surface area contributed by atoms with Crippen LogP contribution in [0.4, 0.5) is 5.69 Å². The van der Waals surface area contributed by atoms with E-state index in [9.17, 15) is 4.79 Å². The van der Waals surface area contributed by atoms with E-state index >= 15 is 0 Å². The molecule has 0 aliphatic rings. The Kier molecular flexibility index (Phi) is 7.16. The molecule has 3 aromatic carbocycles. The van der Waals surface area contributed by atoms with Gasteiger partial charge < -0.3 is 14.8 Å². The van der Waals surface area contributed by atoms with Crippen molar-refractivity contribution >= 4 is 35.0 Å². The Balaban J connectivity index is 1.62. The number of nitrogens with zero attached hydrogens (tertiary/aromatic N) is 3. The van der Waals surface area contributed by atoms with Crippen molar-refractivity contribution in [2.24, 2.45) is 0 Å². The van der Waals surface area contributed by atoms with Crippen molar-refractivity contribution in [2.75, 3.05) is 25.3 Å². The van der Waals surface area contributed by atoms with Gasteiger partial charge >= 0.3 is 0 Å². The molecular formula is C24H21ClN4O3S. The molecule has 0 radical (unpaired) electrons. The van der Waals surface area contributed by atoms with Crippen molar-refractivity contribution in [3.8, 4) is 28.6 Å². The summed E-state index contributed by atoms with van der Waals surface area (Å²) < 4.78 is 12.4. The number of nitrogens with one attached hydrogen (secondary N) is 1. The van der Waals surface area contributed by atoms with Crippen LogP contribution < -0.4 is 14.8 Å². The summed E-state index contributed by atoms with van der Waals surface area (Å²) in [6, 6.07) is 22.2. The van der Waals surface area contributed by atoms with Gasteiger partial charge in [0.25, 0.3) is 0 Å². The summed E-state index contributed by atoms with van der Waals surface area (Å²) in [7, 11) is 3.18. The molecule has 0 aliphatic heterocycles. The number of para-hydroxylation sites is 2. The van der Waals surface area contributed by atoms with Crippen LogP contribution in [0.1, 0.15) is 0 Å². The molecule has 0 saturated carbocycles. The zero-order chi connectivity index (χ0) is 23.2. The summed E-state index contributed by atoms with van der Waals surface area (Å²) in [4.78, 5) is 12.6. The fourth-order valence-corrected chi connectivity index (χ4v) is 4.18. The van der Waals surface area contributed by atoms with Crippen LogP contribution in [0.5, 0.6) is 11.5 Å². The Morgan fingerprint density at radius 2 is 1.70 bits per heavy atom. The van der Waals surface area contributed by atoms with Crippen molar-refractivity contribution in [1.29, 1.82) is 0 Å². The molecule has 0 atom stereocenters. The van der Waals surface area contributed by atoms with Gasteiger partial charge in [0.05, 0.1) is 30.7 Å². The third-order valence-corrected chi connectivity index (χ3v) is 6.05. The number of thioether (sulfide) groups is 1. The van der Waals surface area contributed by atoms with Gasteiger partial charge in [0.15, 0.2) is 11.0 Å². The predicted octanol–water partition coefficient (Wildman–Crippen LogP) is 5.34. The number of amides is 1. The maximum absolute atomic E-state index is 12.6. The van der Waals surface area contributed by atoms with E-state index in [1.807, 2.05) is 59.2 Å². The number of rotatable bonds is 8. The largest absolute Gasteiger partial charge is 0.497 e. The van der Waals surface area contributed by atoms with Crippen LogP contribution in [0.3, 0.4) is 0 Å². The first-order valence-electron chi connectivity index (χ1n) is 10.0. The highest BCUT2D eigenvalue weighted by molar-refractivity contribution is 7.99. The summed E-state index contributed by atoms with van der Waals surface area (Å²) in [6.45, 7) is 0. The number of aromatic nitrogens is 3. The summed E-state index contributed by atoms with van der Waals surface area (Å²) in [5, 5.41) is 12.7. The fourth-order valence-electron chi connectivity index (χ4n) is 3.21. The average molecular weight is 481 g/mol. The van der Waals surface area contributed by atoms with Gasteiger partial charge in [-0.2, -0.15) is 0 Å². The number of ether oxygens (including phenoxy) is 2. The van der Waals surface area contributed by atoms with Crippen LogP contribution >= 0.6 is 23.4 Å². The minimum absolute atomic E-state index is 0.134. The molecule has 1 heterocycles. The monoisotopic (exact) mass is 480 g/mol. The fraction of sp³-hybridized carbons (Fsp3) is 0.125. The Hall–Kier alpha value is -3.49. The number of anilines is 1. The molecule has 0 aliphatic carbocycles. The zero-order valence-electron chi connectivity index (χ0n) is 18.0. The van der Waals surface area contributed by atoms with Gasteiger partial charge in [0.1, 0.15) is 11.5 Å². The Morgan fingerprint density at radius 3 is 2.42 bits per heavy atom. The second-order valence-corrected chi connectivity index (χ2v) is 8.21. The second-order valence-electron chi connectivity index (χ2n) is 6.86. The van der Waals surface area contributed by atoms with Crippen molar-refractivity contribution in [1.82, 2.24) is 14.8 Å². The van der Waals surface area contributed by atoms with E-state index in [1.54, 1.807) is 32.4 Å². The molecule has 9 heteroatoms. The Bertz CT molecular complexity index is 1260. The molecule has 1 N–H and O–H groups in total. The van der Waals surface area contributed by atoms with E-state index in [0.717, 1.165) is 17.0 Å². The summed E-state index contributed by atoms with van der Waals surface area (Å²) in [5.41, 5.74) is 2.18. The third-order valence-electron chi connectivity index (χ3n) is 4.79. The van der Waals surface area contributed by atoms with Gasteiger partial charge in [-0.15, -0.1) is 10.2 Å². The molecular weight excluding hydrogens is 460 g/mol. The van der Waals surface area contributed by atoms with Gasteiger partial charge in [0, 0.05) is 11.3 Å². The van der Waals surface area contributed by atoms with Crippen LogP contribution in [-0.2, 0) is 4.79 Å². The molecule has 168 valence electrons. The summed E-state index contributed by atoms with van der Waals surface area (Å²) >= 11 is 7.71. The molecule has 7 nitrogen and oxygen atoms in total. The lowest BCUT2D eigenvalue weighted by Crippen LogP contribution is -2.15. The van der Waals surface area contributed by atoms with Crippen molar-refractivity contribution in [3.63, 3.8) is 0 Å². The van der Waals surface area contributed by atoms with Crippen molar-refractivity contribution < 1.29 is 14.3 Å². The second kappa shape index (κ2) is 10.4. The molecule has 0 spiro atoms. The number of carbonyl (C=O) groups is 1. The molecule has 4 aromatic rings. The number of halogens is 1. The van der Waals surface area contributed by atoms with Crippen LogP contribution in [0, 0.1) is 0 Å². The summed E-state index contributed by atoms with van der Waals surface area (Å²) in [5.74, 6) is 1.86. The van der Waals surface area contributed by atoms with Crippen molar-refractivity contribution in [2.45, 2.75) is 5.16 Å². The SMILES string of the molecule is COc1ccc(-n2c(SCC(=O)Nc3ccccc3OC)nnc2-c2ccccc2Cl)cc1. The zero-order valence-corrected chi connectivity index (χ0v) is 19.6. The van der Waals surface area contributed by atoms with Crippen molar-refractivity contribution in [3.05, 3.63) is 77.8 Å². The quantitative estimate of drug-likeness (QED) is 0.343. The highest BCUT2D eigenvalue weighted by Gasteiger charge is 2.19. The minimum atomic E-state index is -0.187. The topological polar surface area (TPSA) is 78.3 Å². The first-order valence-corrected chi connectivity index (χ1v) is 11.4. The smallest absolute Gasteiger partial charge is 0.234 e. The lowest BCUT2D eigenvalue weighted by atomic mass is 10.2. The van der Waals surface area contributed by atoms with Crippen LogP contribution in [0.25, 0.3) is 17.1 Å². The van der Waals surface area contributed by atoms with E-state index < -0.39 is 0 Å².